The highest BCUT2D eigenvalue weighted by Gasteiger charge is 2.27. The third-order valence-electron chi connectivity index (χ3n) is 6.65. The number of fused-ring (bicyclic) bond motifs is 1. The normalized spacial score (nSPS) is 16.8. The Morgan fingerprint density at radius 1 is 1.15 bits per heavy atom. The average Bonchev–Trinajstić information content (AvgIpc) is 3.16. The molecular weight excluding hydrogens is 419 g/mol. The summed E-state index contributed by atoms with van der Waals surface area (Å²) in [6, 6.07) is 4.05. The van der Waals surface area contributed by atoms with Crippen molar-refractivity contribution >= 4 is 17.6 Å². The number of pyridine rings is 1. The Morgan fingerprint density at radius 2 is 1.97 bits per heavy atom. The number of aromatic nitrogens is 5. The van der Waals surface area contributed by atoms with Crippen LogP contribution in [0.2, 0.25) is 0 Å². The Labute approximate surface area is 193 Å². The molecule has 174 valence electrons. The fraction of sp³-hybridized carbons (Fsp3) is 0.500. The Bertz CT molecular complexity index is 1120. The van der Waals surface area contributed by atoms with Gasteiger partial charge in [-0.3, -0.25) is 4.68 Å². The standard InChI is InChI=1S/C24H31FN8/c1-15(2)22-18-14-33(11-8-20(18)31-32(22)3)23-19(25)13-28-24(30-23)29-21-5-4-17(12-27-21)16-6-9-26-10-7-16/h4-5,12-13,15-16,26H,6-11,14H2,1-3H3,(H,27,28,29,30). The zero-order valence-corrected chi connectivity index (χ0v) is 19.5. The molecule has 5 heterocycles. The van der Waals surface area contributed by atoms with E-state index in [4.69, 9.17) is 0 Å². The first-order chi connectivity index (χ1) is 16.0. The number of nitrogens with one attached hydrogen (secondary N) is 2. The van der Waals surface area contributed by atoms with Crippen LogP contribution >= 0.6 is 0 Å². The lowest BCUT2D eigenvalue weighted by molar-refractivity contribution is 0.459. The zero-order valence-electron chi connectivity index (χ0n) is 19.5. The van der Waals surface area contributed by atoms with Crippen LogP contribution in [-0.4, -0.2) is 44.4 Å². The number of aryl methyl sites for hydroxylation is 1. The van der Waals surface area contributed by atoms with Gasteiger partial charge >= 0.3 is 0 Å². The summed E-state index contributed by atoms with van der Waals surface area (Å²) < 4.78 is 16.7. The Hall–Kier alpha value is -3.07. The molecule has 0 amide bonds. The molecule has 9 heteroatoms. The average molecular weight is 451 g/mol. The molecule has 8 nitrogen and oxygen atoms in total. The molecule has 3 aromatic rings. The van der Waals surface area contributed by atoms with Crippen molar-refractivity contribution in [1.29, 1.82) is 0 Å². The van der Waals surface area contributed by atoms with Gasteiger partial charge in [0.2, 0.25) is 5.95 Å². The fourth-order valence-corrected chi connectivity index (χ4v) is 5.06. The van der Waals surface area contributed by atoms with Gasteiger partial charge in [0.05, 0.1) is 11.9 Å². The van der Waals surface area contributed by atoms with Crippen LogP contribution < -0.4 is 15.5 Å². The minimum Gasteiger partial charge on any atom is -0.349 e. The highest BCUT2D eigenvalue weighted by Crippen LogP contribution is 2.31. The van der Waals surface area contributed by atoms with E-state index in [1.165, 1.54) is 23.0 Å². The summed E-state index contributed by atoms with van der Waals surface area (Å²) in [5, 5.41) is 11.2. The summed E-state index contributed by atoms with van der Waals surface area (Å²) >= 11 is 0. The first kappa shape index (κ1) is 21.8. The largest absolute Gasteiger partial charge is 0.349 e. The molecule has 0 saturated carbocycles. The van der Waals surface area contributed by atoms with Crippen LogP contribution in [-0.2, 0) is 20.0 Å². The summed E-state index contributed by atoms with van der Waals surface area (Å²) in [5.74, 6) is 1.78. The molecule has 0 atom stereocenters. The molecule has 0 bridgehead atoms. The highest BCUT2D eigenvalue weighted by atomic mass is 19.1. The monoisotopic (exact) mass is 450 g/mol. The number of halogens is 1. The minimum atomic E-state index is -0.423. The molecular formula is C24H31FN8. The van der Waals surface area contributed by atoms with Gasteiger partial charge in [-0.25, -0.2) is 14.4 Å². The summed E-state index contributed by atoms with van der Waals surface area (Å²) in [4.78, 5) is 15.2. The second-order valence-corrected chi connectivity index (χ2v) is 9.25. The van der Waals surface area contributed by atoms with Crippen molar-refractivity contribution in [2.45, 2.75) is 51.5 Å². The smallest absolute Gasteiger partial charge is 0.230 e. The first-order valence-corrected chi connectivity index (χ1v) is 11.8. The van der Waals surface area contributed by atoms with E-state index >= 15 is 0 Å². The Kier molecular flexibility index (Phi) is 5.97. The lowest BCUT2D eigenvalue weighted by atomic mass is 9.91. The third-order valence-corrected chi connectivity index (χ3v) is 6.65. The van der Waals surface area contributed by atoms with Gasteiger partial charge in [0.25, 0.3) is 0 Å². The lowest BCUT2D eigenvalue weighted by Crippen LogP contribution is -2.32. The molecule has 2 N–H and O–H groups in total. The van der Waals surface area contributed by atoms with E-state index in [0.29, 0.717) is 42.5 Å². The second kappa shape index (κ2) is 9.05. The fourth-order valence-electron chi connectivity index (χ4n) is 5.06. The summed E-state index contributed by atoms with van der Waals surface area (Å²) in [5.41, 5.74) is 4.73. The van der Waals surface area contributed by atoms with Crippen molar-refractivity contribution in [2.24, 2.45) is 7.05 Å². The third kappa shape index (κ3) is 4.42. The van der Waals surface area contributed by atoms with Gasteiger partial charge < -0.3 is 15.5 Å². The number of nitrogens with zero attached hydrogens (tertiary/aromatic N) is 6. The number of anilines is 3. The van der Waals surface area contributed by atoms with Crippen molar-refractivity contribution in [1.82, 2.24) is 30.0 Å². The molecule has 5 rings (SSSR count). The quantitative estimate of drug-likeness (QED) is 0.614. The number of hydrogen-bond acceptors (Lipinski definition) is 7. The molecule has 2 aliphatic heterocycles. The zero-order chi connectivity index (χ0) is 22.9. The van der Waals surface area contributed by atoms with Crippen LogP contribution in [0.25, 0.3) is 0 Å². The van der Waals surface area contributed by atoms with E-state index in [1.807, 2.05) is 28.9 Å². The van der Waals surface area contributed by atoms with Crippen LogP contribution in [0.3, 0.4) is 0 Å². The summed E-state index contributed by atoms with van der Waals surface area (Å²) in [6.45, 7) is 7.67. The first-order valence-electron chi connectivity index (χ1n) is 11.8. The molecule has 0 spiro atoms. The molecule has 3 aromatic heterocycles. The van der Waals surface area contributed by atoms with Crippen LogP contribution in [0, 0.1) is 5.82 Å². The molecule has 1 fully saturated rings. The topological polar surface area (TPSA) is 83.8 Å². The van der Waals surface area contributed by atoms with Gasteiger partial charge in [-0.1, -0.05) is 19.9 Å². The van der Waals surface area contributed by atoms with E-state index < -0.39 is 5.82 Å². The van der Waals surface area contributed by atoms with Gasteiger partial charge in [-0.2, -0.15) is 10.1 Å². The minimum absolute atomic E-state index is 0.308. The molecule has 0 radical (unpaired) electrons. The molecule has 0 unspecified atom stereocenters. The van der Waals surface area contributed by atoms with Crippen LogP contribution in [0.1, 0.15) is 61.0 Å². The van der Waals surface area contributed by atoms with Crippen LogP contribution in [0.15, 0.2) is 24.5 Å². The van der Waals surface area contributed by atoms with Crippen molar-refractivity contribution in [2.75, 3.05) is 29.9 Å². The molecule has 33 heavy (non-hydrogen) atoms. The maximum Gasteiger partial charge on any atom is 0.230 e. The predicted octanol–water partition coefficient (Wildman–Crippen LogP) is 3.64. The number of piperidine rings is 1. The van der Waals surface area contributed by atoms with E-state index in [1.54, 1.807) is 0 Å². The summed E-state index contributed by atoms with van der Waals surface area (Å²) in [7, 11) is 1.98. The number of hydrogen-bond donors (Lipinski definition) is 2. The SMILES string of the molecule is CC(C)c1c2c(nn1C)CCN(c1nc(Nc3ccc(C4CCNCC4)cn3)ncc1F)C2. The van der Waals surface area contributed by atoms with Gasteiger partial charge in [-0.15, -0.1) is 0 Å². The van der Waals surface area contributed by atoms with Crippen LogP contribution in [0.4, 0.5) is 22.0 Å². The molecule has 0 aromatic carbocycles. The molecule has 2 aliphatic rings. The predicted molar refractivity (Wildman–Crippen MR) is 126 cm³/mol. The Balaban J connectivity index is 1.34. The van der Waals surface area contributed by atoms with E-state index in [-0.39, 0.29) is 0 Å². The van der Waals surface area contributed by atoms with E-state index in [0.717, 1.165) is 38.0 Å². The van der Waals surface area contributed by atoms with Gasteiger partial charge in [0.15, 0.2) is 11.6 Å². The molecule has 0 aliphatic carbocycles. The second-order valence-electron chi connectivity index (χ2n) is 9.25. The maximum absolute atomic E-state index is 14.8. The summed E-state index contributed by atoms with van der Waals surface area (Å²) in [6.07, 6.45) is 6.18. The highest BCUT2D eigenvalue weighted by molar-refractivity contribution is 5.53. The Morgan fingerprint density at radius 3 is 2.70 bits per heavy atom. The number of rotatable bonds is 5. The van der Waals surface area contributed by atoms with Crippen molar-refractivity contribution < 1.29 is 4.39 Å². The lowest BCUT2D eigenvalue weighted by Gasteiger charge is -2.28. The van der Waals surface area contributed by atoms with Gasteiger partial charge in [-0.05, 0) is 49.4 Å². The van der Waals surface area contributed by atoms with Gasteiger partial charge in [0.1, 0.15) is 5.82 Å². The van der Waals surface area contributed by atoms with Gasteiger partial charge in [0, 0.05) is 44.0 Å². The van der Waals surface area contributed by atoms with Crippen molar-refractivity contribution in [3.63, 3.8) is 0 Å². The van der Waals surface area contributed by atoms with E-state index in [9.17, 15) is 4.39 Å². The van der Waals surface area contributed by atoms with E-state index in [2.05, 4.69) is 50.6 Å². The van der Waals surface area contributed by atoms with Crippen molar-refractivity contribution in [3.8, 4) is 0 Å². The maximum atomic E-state index is 14.8. The van der Waals surface area contributed by atoms with Crippen LogP contribution in [0.5, 0.6) is 0 Å². The molecule has 1 saturated heterocycles. The van der Waals surface area contributed by atoms with Crippen molar-refractivity contribution in [3.05, 3.63) is 52.9 Å².